The van der Waals surface area contributed by atoms with Gasteiger partial charge in [-0.1, -0.05) is 30.3 Å². The van der Waals surface area contributed by atoms with Crippen LogP contribution in [-0.2, 0) is 0 Å². The quantitative estimate of drug-likeness (QED) is 0.579. The predicted octanol–water partition coefficient (Wildman–Crippen LogP) is 3.07. The van der Waals surface area contributed by atoms with E-state index in [9.17, 15) is 25.0 Å². The average molecular weight is 384 g/mol. The molecule has 1 amide bonds. The molecular weight excluding hydrogens is 364 g/mol. The molecule has 9 heteroatoms. The predicted molar refractivity (Wildman–Crippen MR) is 102 cm³/mol. The van der Waals surface area contributed by atoms with E-state index >= 15 is 0 Å². The minimum absolute atomic E-state index is 0.0265. The second kappa shape index (κ2) is 8.57. The maximum absolute atomic E-state index is 12.6. The number of nitro groups is 2. The van der Waals surface area contributed by atoms with Gasteiger partial charge in [-0.05, 0) is 31.5 Å². The van der Waals surface area contributed by atoms with Gasteiger partial charge in [0.2, 0.25) is 0 Å². The van der Waals surface area contributed by atoms with Crippen LogP contribution in [0.1, 0.15) is 34.8 Å². The number of hydrogen-bond donors (Lipinski definition) is 1. The molecule has 1 unspecified atom stereocenters. The number of nitro benzene ring substituents is 2. The molecule has 1 saturated heterocycles. The summed E-state index contributed by atoms with van der Waals surface area (Å²) in [4.78, 5) is 35.4. The molecule has 1 atom stereocenters. The first-order valence-corrected chi connectivity index (χ1v) is 8.97. The van der Waals surface area contributed by atoms with Gasteiger partial charge in [0.1, 0.15) is 0 Å². The zero-order valence-electron chi connectivity index (χ0n) is 15.1. The van der Waals surface area contributed by atoms with Crippen LogP contribution in [0.25, 0.3) is 0 Å². The Bertz CT molecular complexity index is 849. The number of carbonyl (C=O) groups excluding carboxylic acids is 1. The van der Waals surface area contributed by atoms with Crippen molar-refractivity contribution in [2.45, 2.75) is 18.9 Å². The van der Waals surface area contributed by atoms with E-state index in [0.29, 0.717) is 6.54 Å². The lowest BCUT2D eigenvalue weighted by Gasteiger charge is -2.28. The highest BCUT2D eigenvalue weighted by atomic mass is 16.6. The van der Waals surface area contributed by atoms with E-state index in [1.807, 2.05) is 30.3 Å². The highest BCUT2D eigenvalue weighted by molar-refractivity contribution is 5.95. The molecule has 28 heavy (non-hydrogen) atoms. The Morgan fingerprint density at radius 1 is 1.00 bits per heavy atom. The highest BCUT2D eigenvalue weighted by Crippen LogP contribution is 2.25. The zero-order valence-corrected chi connectivity index (χ0v) is 15.1. The second-order valence-corrected chi connectivity index (χ2v) is 6.63. The first kappa shape index (κ1) is 19.4. The minimum atomic E-state index is -0.749. The molecule has 2 aromatic rings. The van der Waals surface area contributed by atoms with Gasteiger partial charge in [-0.25, -0.2) is 0 Å². The van der Waals surface area contributed by atoms with Gasteiger partial charge in [0.15, 0.2) is 0 Å². The first-order valence-electron chi connectivity index (χ1n) is 8.97. The third kappa shape index (κ3) is 4.49. The molecule has 0 aromatic heterocycles. The number of non-ortho nitro benzene ring substituents is 2. The summed E-state index contributed by atoms with van der Waals surface area (Å²) in [6.45, 7) is 2.16. The van der Waals surface area contributed by atoms with E-state index < -0.39 is 27.1 Å². The summed E-state index contributed by atoms with van der Waals surface area (Å²) < 4.78 is 0. The van der Waals surface area contributed by atoms with Crippen LogP contribution in [0, 0.1) is 20.2 Å². The summed E-state index contributed by atoms with van der Waals surface area (Å²) in [6.07, 6.45) is 2.18. The smallest absolute Gasteiger partial charge is 0.277 e. The van der Waals surface area contributed by atoms with Crippen LogP contribution in [0.15, 0.2) is 48.5 Å². The molecule has 0 saturated carbocycles. The third-order valence-electron chi connectivity index (χ3n) is 4.81. The van der Waals surface area contributed by atoms with Crippen LogP contribution in [0.5, 0.6) is 0 Å². The summed E-state index contributed by atoms with van der Waals surface area (Å²) in [7, 11) is 0. The van der Waals surface area contributed by atoms with E-state index in [1.54, 1.807) is 0 Å². The molecular formula is C19H20N4O5. The van der Waals surface area contributed by atoms with Crippen molar-refractivity contribution in [3.05, 3.63) is 79.9 Å². The van der Waals surface area contributed by atoms with Crippen molar-refractivity contribution in [3.63, 3.8) is 0 Å². The summed E-state index contributed by atoms with van der Waals surface area (Å²) in [5.41, 5.74) is -0.0131. The fraction of sp³-hybridized carbons (Fsp3) is 0.316. The van der Waals surface area contributed by atoms with Gasteiger partial charge >= 0.3 is 0 Å². The Morgan fingerprint density at radius 3 is 2.11 bits per heavy atom. The van der Waals surface area contributed by atoms with E-state index in [0.717, 1.165) is 49.7 Å². The van der Waals surface area contributed by atoms with Crippen molar-refractivity contribution >= 4 is 17.3 Å². The van der Waals surface area contributed by atoms with Gasteiger partial charge in [-0.3, -0.25) is 29.9 Å². The van der Waals surface area contributed by atoms with Gasteiger partial charge in [0, 0.05) is 18.7 Å². The average Bonchev–Trinajstić information content (AvgIpc) is 3.23. The lowest BCUT2D eigenvalue weighted by molar-refractivity contribution is -0.394. The Kier molecular flexibility index (Phi) is 5.95. The van der Waals surface area contributed by atoms with E-state index in [2.05, 4.69) is 10.2 Å². The number of hydrogen-bond acceptors (Lipinski definition) is 6. The van der Waals surface area contributed by atoms with Gasteiger partial charge < -0.3 is 5.32 Å². The van der Waals surface area contributed by atoms with E-state index in [4.69, 9.17) is 0 Å². The molecule has 0 bridgehead atoms. The van der Waals surface area contributed by atoms with Crippen molar-refractivity contribution in [1.82, 2.24) is 10.2 Å². The van der Waals surface area contributed by atoms with Gasteiger partial charge in [0.25, 0.3) is 17.3 Å². The number of rotatable bonds is 7. The molecule has 0 aliphatic carbocycles. The number of likely N-dealkylation sites (tertiary alicyclic amines) is 1. The normalized spacial score (nSPS) is 15.1. The third-order valence-corrected chi connectivity index (χ3v) is 4.81. The molecule has 3 rings (SSSR count). The Balaban J connectivity index is 1.79. The molecule has 1 aliphatic rings. The molecule has 1 heterocycles. The summed E-state index contributed by atoms with van der Waals surface area (Å²) >= 11 is 0. The van der Waals surface area contributed by atoms with Gasteiger partial charge in [-0.15, -0.1) is 0 Å². The van der Waals surface area contributed by atoms with Gasteiger partial charge in [-0.2, -0.15) is 0 Å². The minimum Gasteiger partial charge on any atom is -0.350 e. The lowest BCUT2D eigenvalue weighted by atomic mass is 10.1. The number of carbonyl (C=O) groups is 1. The molecule has 1 aliphatic heterocycles. The fourth-order valence-electron chi connectivity index (χ4n) is 3.41. The fourth-order valence-corrected chi connectivity index (χ4v) is 3.41. The number of amides is 1. The van der Waals surface area contributed by atoms with Crippen LogP contribution in [0.3, 0.4) is 0 Å². The number of benzene rings is 2. The molecule has 146 valence electrons. The monoisotopic (exact) mass is 384 g/mol. The molecule has 1 fully saturated rings. The molecule has 1 N–H and O–H groups in total. The lowest BCUT2D eigenvalue weighted by Crippen LogP contribution is -2.36. The van der Waals surface area contributed by atoms with Gasteiger partial charge in [0.05, 0.1) is 27.5 Å². The maximum atomic E-state index is 12.6. The summed E-state index contributed by atoms with van der Waals surface area (Å²) in [5, 5.41) is 24.8. The topological polar surface area (TPSA) is 119 Å². The first-order chi connectivity index (χ1) is 13.5. The summed E-state index contributed by atoms with van der Waals surface area (Å²) in [6, 6.07) is 12.7. The van der Waals surface area contributed by atoms with Crippen molar-refractivity contribution in [1.29, 1.82) is 0 Å². The van der Waals surface area contributed by atoms with Crippen LogP contribution in [-0.4, -0.2) is 40.3 Å². The maximum Gasteiger partial charge on any atom is 0.277 e. The van der Waals surface area contributed by atoms with E-state index in [1.165, 1.54) is 0 Å². The summed E-state index contributed by atoms with van der Waals surface area (Å²) in [5.74, 6) is -0.577. The van der Waals surface area contributed by atoms with Crippen molar-refractivity contribution < 1.29 is 14.6 Å². The van der Waals surface area contributed by atoms with Crippen molar-refractivity contribution in [2.24, 2.45) is 0 Å². The SMILES string of the molecule is O=C(NCC(c1ccccc1)N1CCCC1)c1cc([N+](=O)[O-])cc([N+](=O)[O-])c1. The largest absolute Gasteiger partial charge is 0.350 e. The number of nitrogens with one attached hydrogen (secondary N) is 1. The highest BCUT2D eigenvalue weighted by Gasteiger charge is 2.25. The van der Waals surface area contributed by atoms with Crippen molar-refractivity contribution in [2.75, 3.05) is 19.6 Å². The van der Waals surface area contributed by atoms with E-state index in [-0.39, 0.29) is 11.6 Å². The molecule has 0 radical (unpaired) electrons. The number of nitrogens with zero attached hydrogens (tertiary/aromatic N) is 3. The second-order valence-electron chi connectivity index (χ2n) is 6.63. The molecule has 9 nitrogen and oxygen atoms in total. The Hall–Kier alpha value is -3.33. The Labute approximate surface area is 161 Å². The van der Waals surface area contributed by atoms with Crippen molar-refractivity contribution in [3.8, 4) is 0 Å². The van der Waals surface area contributed by atoms with Crippen LogP contribution in [0.2, 0.25) is 0 Å². The van der Waals surface area contributed by atoms with Crippen LogP contribution < -0.4 is 5.32 Å². The van der Waals surface area contributed by atoms with Crippen LogP contribution in [0.4, 0.5) is 11.4 Å². The standard InChI is InChI=1S/C19H20N4O5/c24-19(15-10-16(22(25)26)12-17(11-15)23(27)28)20-13-18(21-8-4-5-9-21)14-6-2-1-3-7-14/h1-3,6-7,10-12,18H,4-5,8-9,13H2,(H,20,24). The molecule has 0 spiro atoms. The Morgan fingerprint density at radius 2 is 1.57 bits per heavy atom. The molecule has 2 aromatic carbocycles. The zero-order chi connectivity index (χ0) is 20.1. The van der Waals surface area contributed by atoms with Crippen LogP contribution >= 0.6 is 0 Å².